The summed E-state index contributed by atoms with van der Waals surface area (Å²) in [5, 5.41) is 13.5. The van der Waals surface area contributed by atoms with Crippen LogP contribution in [-0.2, 0) is 0 Å². The van der Waals surface area contributed by atoms with Gasteiger partial charge < -0.3 is 15.7 Å². The maximum Gasteiger partial charge on any atom is 0.338 e. The van der Waals surface area contributed by atoms with Crippen LogP contribution >= 0.6 is 0 Å². The highest BCUT2D eigenvalue weighted by atomic mass is 19.1. The molecule has 0 heterocycles. The molecule has 3 N–H and O–H groups in total. The van der Waals surface area contributed by atoms with Gasteiger partial charge in [0.15, 0.2) is 0 Å². The second-order valence-electron chi connectivity index (χ2n) is 4.93. The van der Waals surface area contributed by atoms with Gasteiger partial charge in [-0.15, -0.1) is 0 Å². The van der Waals surface area contributed by atoms with Crippen LogP contribution in [0.5, 0.6) is 0 Å². The number of anilines is 1. The maximum atomic E-state index is 13.5. The van der Waals surface area contributed by atoms with Crippen LogP contribution in [0.4, 0.5) is 19.3 Å². The van der Waals surface area contributed by atoms with Crippen molar-refractivity contribution >= 4 is 17.7 Å². The number of nitrogens with one attached hydrogen (secondary N) is 2. The Bertz CT molecular complexity index is 563. The van der Waals surface area contributed by atoms with E-state index in [1.807, 2.05) is 0 Å². The van der Waals surface area contributed by atoms with Gasteiger partial charge in [-0.2, -0.15) is 0 Å². The first-order valence-electron chi connectivity index (χ1n) is 6.15. The topological polar surface area (TPSA) is 78.4 Å². The zero-order valence-electron chi connectivity index (χ0n) is 10.7. The van der Waals surface area contributed by atoms with Gasteiger partial charge in [-0.05, 0) is 24.3 Å². The highest BCUT2D eigenvalue weighted by Crippen LogP contribution is 2.36. The second-order valence-corrected chi connectivity index (χ2v) is 4.93. The van der Waals surface area contributed by atoms with E-state index in [1.165, 1.54) is 0 Å². The van der Waals surface area contributed by atoms with Crippen LogP contribution in [-0.4, -0.2) is 23.7 Å². The molecule has 0 radical (unpaired) electrons. The third kappa shape index (κ3) is 3.23. The summed E-state index contributed by atoms with van der Waals surface area (Å²) in [5.41, 5.74) is -1.07. The number of hydrogen-bond acceptors (Lipinski definition) is 2. The number of carboxylic acids is 1. The number of halogens is 2. The summed E-state index contributed by atoms with van der Waals surface area (Å²) < 4.78 is 26.6. The molecule has 2 atom stereocenters. The number of urea groups is 1. The maximum absolute atomic E-state index is 13.5. The van der Waals surface area contributed by atoms with E-state index in [9.17, 15) is 18.4 Å². The van der Waals surface area contributed by atoms with Crippen molar-refractivity contribution in [3.63, 3.8) is 0 Å². The zero-order valence-corrected chi connectivity index (χ0v) is 10.7. The van der Waals surface area contributed by atoms with Gasteiger partial charge in [0.05, 0.1) is 11.3 Å². The average molecular weight is 284 g/mol. The van der Waals surface area contributed by atoms with Crippen LogP contribution in [0.1, 0.15) is 23.7 Å². The van der Waals surface area contributed by atoms with Crippen LogP contribution in [0.2, 0.25) is 0 Å². The van der Waals surface area contributed by atoms with Gasteiger partial charge in [0.1, 0.15) is 11.6 Å². The van der Waals surface area contributed by atoms with Gasteiger partial charge in [0.25, 0.3) is 0 Å². The van der Waals surface area contributed by atoms with E-state index in [0.717, 1.165) is 12.5 Å². The summed E-state index contributed by atoms with van der Waals surface area (Å²) in [7, 11) is 0. The van der Waals surface area contributed by atoms with E-state index >= 15 is 0 Å². The highest BCUT2D eigenvalue weighted by molar-refractivity contribution is 5.93. The Morgan fingerprint density at radius 1 is 1.35 bits per heavy atom. The zero-order chi connectivity index (χ0) is 14.9. The first-order chi connectivity index (χ1) is 9.38. The number of rotatable bonds is 4. The van der Waals surface area contributed by atoms with Crippen molar-refractivity contribution in [3.05, 3.63) is 29.3 Å². The normalized spacial score (nSPS) is 20.4. The summed E-state index contributed by atoms with van der Waals surface area (Å²) in [4.78, 5) is 22.3. The summed E-state index contributed by atoms with van der Waals surface area (Å²) in [5.74, 6) is -2.75. The molecule has 20 heavy (non-hydrogen) atoms. The van der Waals surface area contributed by atoms with E-state index in [2.05, 4.69) is 17.6 Å². The Balaban J connectivity index is 2.02. The number of hydrogen-bond donors (Lipinski definition) is 3. The summed E-state index contributed by atoms with van der Waals surface area (Å²) in [6.07, 6.45) is 1.04. The first kappa shape index (κ1) is 14.2. The van der Waals surface area contributed by atoms with Crippen molar-refractivity contribution < 1.29 is 23.5 Å². The van der Waals surface area contributed by atoms with Crippen molar-refractivity contribution in [2.24, 2.45) is 11.8 Å². The van der Waals surface area contributed by atoms with Gasteiger partial charge in [0.2, 0.25) is 0 Å². The van der Waals surface area contributed by atoms with Crippen LogP contribution in [0, 0.1) is 23.5 Å². The van der Waals surface area contributed by atoms with Crippen molar-refractivity contribution in [2.45, 2.75) is 13.3 Å². The lowest BCUT2D eigenvalue weighted by Crippen LogP contribution is -2.31. The number of carbonyl (C=O) groups is 2. The Labute approximate surface area is 114 Å². The van der Waals surface area contributed by atoms with E-state index in [4.69, 9.17) is 5.11 Å². The average Bonchev–Trinajstić information content (AvgIpc) is 3.06. The molecule has 0 spiro atoms. The number of aromatic carboxylic acids is 1. The minimum Gasteiger partial charge on any atom is -0.478 e. The Kier molecular flexibility index (Phi) is 3.87. The highest BCUT2D eigenvalue weighted by Gasteiger charge is 2.32. The molecule has 1 aromatic rings. The van der Waals surface area contributed by atoms with Crippen LogP contribution in [0.25, 0.3) is 0 Å². The summed E-state index contributed by atoms with van der Waals surface area (Å²) >= 11 is 0. The number of amides is 2. The Hall–Kier alpha value is -2.18. The predicted molar refractivity (Wildman–Crippen MR) is 67.6 cm³/mol. The molecule has 5 nitrogen and oxygen atoms in total. The SMILES string of the molecule is CC1CC1CNC(=O)Nc1cc(C(=O)O)c(F)cc1F. The fraction of sp³-hybridized carbons (Fsp3) is 0.385. The van der Waals surface area contributed by atoms with E-state index in [1.54, 1.807) is 0 Å². The van der Waals surface area contributed by atoms with Crippen molar-refractivity contribution in [3.8, 4) is 0 Å². The summed E-state index contributed by atoms with van der Waals surface area (Å²) in [6.45, 7) is 2.53. The minimum atomic E-state index is -1.53. The number of carboxylic acid groups (broad SMARTS) is 1. The molecular formula is C13H14F2N2O3. The molecule has 0 saturated heterocycles. The smallest absolute Gasteiger partial charge is 0.338 e. The van der Waals surface area contributed by atoms with Gasteiger partial charge in [-0.25, -0.2) is 18.4 Å². The number of carbonyl (C=O) groups excluding carboxylic acids is 1. The lowest BCUT2D eigenvalue weighted by molar-refractivity contribution is 0.0692. The second kappa shape index (κ2) is 5.44. The Morgan fingerprint density at radius 2 is 2.00 bits per heavy atom. The van der Waals surface area contributed by atoms with Crippen molar-refractivity contribution in [1.82, 2.24) is 5.32 Å². The molecule has 2 unspecified atom stereocenters. The van der Waals surface area contributed by atoms with Gasteiger partial charge in [-0.3, -0.25) is 0 Å². The van der Waals surface area contributed by atoms with Crippen molar-refractivity contribution in [2.75, 3.05) is 11.9 Å². The van der Waals surface area contributed by atoms with Crippen LogP contribution < -0.4 is 10.6 Å². The molecule has 7 heteroatoms. The first-order valence-corrected chi connectivity index (χ1v) is 6.15. The standard InChI is InChI=1S/C13H14F2N2O3/c1-6-2-7(6)5-16-13(20)17-11-3-8(12(18)19)9(14)4-10(11)15/h3-4,6-7H,2,5H2,1H3,(H,18,19)(H2,16,17,20). The molecular weight excluding hydrogens is 270 g/mol. The third-order valence-corrected chi connectivity index (χ3v) is 3.34. The summed E-state index contributed by atoms with van der Waals surface area (Å²) in [6, 6.07) is 0.542. The third-order valence-electron chi connectivity index (χ3n) is 3.34. The van der Waals surface area contributed by atoms with Gasteiger partial charge in [-0.1, -0.05) is 6.92 Å². The van der Waals surface area contributed by atoms with E-state index in [-0.39, 0.29) is 5.69 Å². The van der Waals surface area contributed by atoms with Crippen LogP contribution in [0.15, 0.2) is 12.1 Å². The van der Waals surface area contributed by atoms with Gasteiger partial charge >= 0.3 is 12.0 Å². The molecule has 2 rings (SSSR count). The molecule has 1 aromatic carbocycles. The lowest BCUT2D eigenvalue weighted by atomic mass is 10.2. The molecule has 0 aliphatic heterocycles. The molecule has 1 fully saturated rings. The predicted octanol–water partition coefficient (Wildman–Crippen LogP) is 2.44. The largest absolute Gasteiger partial charge is 0.478 e. The molecule has 1 saturated carbocycles. The fourth-order valence-corrected chi connectivity index (χ4v) is 1.88. The van der Waals surface area contributed by atoms with Crippen LogP contribution in [0.3, 0.4) is 0 Å². The molecule has 0 bridgehead atoms. The number of benzene rings is 1. The quantitative estimate of drug-likeness (QED) is 0.794. The molecule has 108 valence electrons. The van der Waals surface area contributed by atoms with Gasteiger partial charge in [0, 0.05) is 12.6 Å². The lowest BCUT2D eigenvalue weighted by Gasteiger charge is -2.09. The monoisotopic (exact) mass is 284 g/mol. The van der Waals surface area contributed by atoms with E-state index < -0.39 is 29.2 Å². The van der Waals surface area contributed by atoms with Crippen molar-refractivity contribution in [1.29, 1.82) is 0 Å². The molecule has 0 aromatic heterocycles. The molecule has 1 aliphatic carbocycles. The molecule has 2 amide bonds. The molecule has 1 aliphatic rings. The fourth-order valence-electron chi connectivity index (χ4n) is 1.88. The minimum absolute atomic E-state index is 0.370. The Morgan fingerprint density at radius 3 is 2.55 bits per heavy atom. The van der Waals surface area contributed by atoms with E-state index in [0.29, 0.717) is 24.4 Å².